The highest BCUT2D eigenvalue weighted by molar-refractivity contribution is 6.37. The molecule has 0 unspecified atom stereocenters. The van der Waals surface area contributed by atoms with E-state index < -0.39 is 0 Å². The number of rotatable bonds is 3. The predicted octanol–water partition coefficient (Wildman–Crippen LogP) is 2.94. The monoisotopic (exact) mass is 244 g/mol. The molecule has 0 aliphatic rings. The average molecular weight is 245 g/mol. The Morgan fingerprint density at radius 2 is 2.13 bits per heavy atom. The third-order valence-electron chi connectivity index (χ3n) is 1.53. The Bertz CT molecular complexity index is 440. The molecule has 6 heteroatoms. The lowest BCUT2D eigenvalue weighted by Crippen LogP contribution is -1.84. The van der Waals surface area contributed by atoms with Gasteiger partial charge < -0.3 is 4.84 Å². The maximum atomic E-state index is 10.1. The molecular weight excluding hydrogens is 239 g/mol. The van der Waals surface area contributed by atoms with Gasteiger partial charge in [-0.15, -0.1) is 0 Å². The van der Waals surface area contributed by atoms with E-state index in [4.69, 9.17) is 23.2 Å². The van der Waals surface area contributed by atoms with E-state index in [9.17, 15) is 4.79 Å². The van der Waals surface area contributed by atoms with Crippen molar-refractivity contribution >= 4 is 41.2 Å². The molecule has 0 saturated carbocycles. The fourth-order valence-corrected chi connectivity index (χ4v) is 1.37. The van der Waals surface area contributed by atoms with Crippen LogP contribution < -0.4 is 0 Å². The molecule has 0 radical (unpaired) electrons. The van der Waals surface area contributed by atoms with Gasteiger partial charge in [0.05, 0.1) is 21.9 Å². The number of hydrogen-bond acceptors (Lipinski definition) is 4. The van der Waals surface area contributed by atoms with Crippen LogP contribution in [0.15, 0.2) is 22.3 Å². The molecule has 0 bridgehead atoms. The fraction of sp³-hybridized carbons (Fsp3) is 0.111. The smallest absolute Gasteiger partial charge is 0.240 e. The van der Waals surface area contributed by atoms with E-state index >= 15 is 0 Å². The highest BCUT2D eigenvalue weighted by Gasteiger charge is 2.05. The molecule has 0 aliphatic heterocycles. The molecule has 0 aromatic heterocycles. The van der Waals surface area contributed by atoms with Crippen molar-refractivity contribution in [1.82, 2.24) is 0 Å². The van der Waals surface area contributed by atoms with Crippen molar-refractivity contribution in [1.29, 1.82) is 0 Å². The van der Waals surface area contributed by atoms with Crippen LogP contribution in [-0.2, 0) is 9.63 Å². The van der Waals surface area contributed by atoms with E-state index in [0.717, 1.165) is 0 Å². The lowest BCUT2D eigenvalue weighted by molar-refractivity contribution is 0.215. The topological polar surface area (TPSA) is 51.0 Å². The zero-order chi connectivity index (χ0) is 11.3. The van der Waals surface area contributed by atoms with Gasteiger partial charge in [-0.3, -0.25) is 0 Å². The van der Waals surface area contributed by atoms with Crippen LogP contribution in [0, 0.1) is 0 Å². The van der Waals surface area contributed by atoms with Crippen molar-refractivity contribution in [2.45, 2.75) is 0 Å². The minimum absolute atomic E-state index is 0.276. The largest absolute Gasteiger partial charge is 0.399 e. The highest BCUT2D eigenvalue weighted by atomic mass is 35.5. The van der Waals surface area contributed by atoms with Crippen molar-refractivity contribution in [3.8, 4) is 0 Å². The summed E-state index contributed by atoms with van der Waals surface area (Å²) in [6, 6.07) is 2.98. The first-order valence-electron chi connectivity index (χ1n) is 3.82. The molecule has 0 atom stereocenters. The first kappa shape index (κ1) is 11.7. The summed E-state index contributed by atoms with van der Waals surface area (Å²) >= 11 is 11.6. The summed E-state index contributed by atoms with van der Waals surface area (Å²) in [5, 5.41) is 4.21. The summed E-state index contributed by atoms with van der Waals surface area (Å²) in [4.78, 5) is 18.0. The summed E-state index contributed by atoms with van der Waals surface area (Å²) in [6.07, 6.45) is 2.79. The molecule has 0 aliphatic carbocycles. The van der Waals surface area contributed by atoms with Gasteiger partial charge in [-0.1, -0.05) is 28.4 Å². The average Bonchev–Trinajstić information content (AvgIpc) is 2.20. The molecule has 0 N–H and O–H groups in total. The fourth-order valence-electron chi connectivity index (χ4n) is 0.897. The van der Waals surface area contributed by atoms with E-state index in [1.807, 2.05) is 0 Å². The highest BCUT2D eigenvalue weighted by Crippen LogP contribution is 2.30. The molecule has 1 aromatic rings. The number of hydrogen-bond donors (Lipinski definition) is 0. The minimum atomic E-state index is 0.276. The molecule has 4 nitrogen and oxygen atoms in total. The van der Waals surface area contributed by atoms with Crippen LogP contribution in [0.1, 0.15) is 5.56 Å². The van der Waals surface area contributed by atoms with Gasteiger partial charge in [-0.05, 0) is 12.1 Å². The Kier molecular flexibility index (Phi) is 4.31. The molecule has 0 spiro atoms. The van der Waals surface area contributed by atoms with Gasteiger partial charge in [0.25, 0.3) is 0 Å². The summed E-state index contributed by atoms with van der Waals surface area (Å²) in [5.41, 5.74) is 0.838. The second-order valence-electron chi connectivity index (χ2n) is 2.45. The molecule has 78 valence electrons. The number of aliphatic imine (C=N–C) groups is 1. The van der Waals surface area contributed by atoms with Crippen LogP contribution in [-0.4, -0.2) is 19.4 Å². The summed E-state index contributed by atoms with van der Waals surface area (Å²) < 4.78 is 0. The van der Waals surface area contributed by atoms with Gasteiger partial charge in [-0.25, -0.2) is 4.79 Å². The Morgan fingerprint density at radius 1 is 1.40 bits per heavy atom. The van der Waals surface area contributed by atoms with Crippen LogP contribution in [0.5, 0.6) is 0 Å². The van der Waals surface area contributed by atoms with Gasteiger partial charge in [0.1, 0.15) is 7.11 Å². The minimum Gasteiger partial charge on any atom is -0.399 e. The van der Waals surface area contributed by atoms with Crippen LogP contribution in [0.3, 0.4) is 0 Å². The lowest BCUT2D eigenvalue weighted by atomic mass is 10.2. The molecule has 15 heavy (non-hydrogen) atoms. The standard InChI is InChI=1S/C9H6Cl2N2O2/c1-15-13-4-6-2-9(12-5-14)8(11)3-7(6)10/h2-4H,1H3/b13-4+. The maximum Gasteiger partial charge on any atom is 0.240 e. The number of isocyanates is 1. The zero-order valence-electron chi connectivity index (χ0n) is 7.70. The van der Waals surface area contributed by atoms with E-state index in [0.29, 0.717) is 10.6 Å². The molecule has 0 heterocycles. The molecule has 0 fully saturated rings. The van der Waals surface area contributed by atoms with E-state index in [1.54, 1.807) is 0 Å². The quantitative estimate of drug-likeness (QED) is 0.467. The van der Waals surface area contributed by atoms with Crippen molar-refractivity contribution < 1.29 is 9.63 Å². The summed E-state index contributed by atoms with van der Waals surface area (Å²) in [5.74, 6) is 0. The van der Waals surface area contributed by atoms with Gasteiger partial charge in [-0.2, -0.15) is 4.99 Å². The van der Waals surface area contributed by atoms with Crippen molar-refractivity contribution in [2.75, 3.05) is 7.11 Å². The number of benzene rings is 1. The van der Waals surface area contributed by atoms with Crippen LogP contribution >= 0.6 is 23.2 Å². The first-order valence-corrected chi connectivity index (χ1v) is 4.58. The Hall–Kier alpha value is -1.35. The molecule has 0 saturated heterocycles. The third-order valence-corrected chi connectivity index (χ3v) is 2.16. The molecule has 1 aromatic carbocycles. The maximum absolute atomic E-state index is 10.1. The SMILES string of the molecule is CO/N=C/c1cc(N=C=O)c(Cl)cc1Cl. The number of carbonyl (C=O) groups excluding carboxylic acids is 1. The van der Waals surface area contributed by atoms with Crippen molar-refractivity contribution in [2.24, 2.45) is 10.1 Å². The van der Waals surface area contributed by atoms with E-state index in [2.05, 4.69) is 15.0 Å². The van der Waals surface area contributed by atoms with Crippen molar-refractivity contribution in [3.05, 3.63) is 27.7 Å². The number of halogens is 2. The third kappa shape index (κ3) is 3.06. The zero-order valence-corrected chi connectivity index (χ0v) is 9.21. The van der Waals surface area contributed by atoms with Gasteiger partial charge in [0.2, 0.25) is 6.08 Å². The first-order chi connectivity index (χ1) is 7.19. The van der Waals surface area contributed by atoms with Gasteiger partial charge in [0, 0.05) is 5.56 Å². The summed E-state index contributed by atoms with van der Waals surface area (Å²) in [7, 11) is 1.41. The van der Waals surface area contributed by atoms with E-state index in [1.165, 1.54) is 31.5 Å². The molecule has 0 amide bonds. The number of nitrogens with zero attached hydrogens (tertiary/aromatic N) is 2. The Morgan fingerprint density at radius 3 is 2.73 bits per heavy atom. The van der Waals surface area contributed by atoms with Crippen LogP contribution in [0.4, 0.5) is 5.69 Å². The van der Waals surface area contributed by atoms with Gasteiger partial charge >= 0.3 is 0 Å². The lowest BCUT2D eigenvalue weighted by Gasteiger charge is -2.01. The second kappa shape index (κ2) is 5.51. The van der Waals surface area contributed by atoms with Crippen LogP contribution in [0.25, 0.3) is 0 Å². The van der Waals surface area contributed by atoms with Crippen LogP contribution in [0.2, 0.25) is 10.0 Å². The normalized spacial score (nSPS) is 10.1. The molecule has 1 rings (SSSR count). The Balaban J connectivity index is 3.22. The predicted molar refractivity (Wildman–Crippen MR) is 58.8 cm³/mol. The van der Waals surface area contributed by atoms with E-state index in [-0.39, 0.29) is 10.7 Å². The number of oxime groups is 1. The second-order valence-corrected chi connectivity index (χ2v) is 3.26. The van der Waals surface area contributed by atoms with Crippen molar-refractivity contribution in [3.63, 3.8) is 0 Å². The van der Waals surface area contributed by atoms with Gasteiger partial charge in [0.15, 0.2) is 0 Å². The molecular formula is C9H6Cl2N2O2. The Labute approximate surface area is 96.2 Å². The summed E-state index contributed by atoms with van der Waals surface area (Å²) in [6.45, 7) is 0.